The van der Waals surface area contributed by atoms with E-state index >= 15 is 0 Å². The first kappa shape index (κ1) is 19.9. The molecule has 6 heteroatoms. The van der Waals surface area contributed by atoms with E-state index in [0.29, 0.717) is 30.8 Å². The van der Waals surface area contributed by atoms with E-state index in [1.54, 1.807) is 17.9 Å². The molecule has 2 aromatic rings. The number of aryl methyl sites for hydroxylation is 3. The summed E-state index contributed by atoms with van der Waals surface area (Å²) in [6.45, 7) is 4.30. The topological polar surface area (TPSA) is 79.6 Å². The second kappa shape index (κ2) is 8.87. The quantitative estimate of drug-likeness (QED) is 0.862. The lowest BCUT2D eigenvalue weighted by atomic mass is 10.0. The Hall–Kier alpha value is -2.89. The van der Waals surface area contributed by atoms with Gasteiger partial charge < -0.3 is 14.6 Å². The molecular formula is C22H26N2O4. The van der Waals surface area contributed by atoms with Crippen LogP contribution < -0.4 is 10.9 Å². The first-order valence-corrected chi connectivity index (χ1v) is 9.71. The summed E-state index contributed by atoms with van der Waals surface area (Å²) in [5.74, 6) is 0.140. The second-order valence-corrected chi connectivity index (χ2v) is 7.30. The Morgan fingerprint density at radius 1 is 1.21 bits per heavy atom. The maximum absolute atomic E-state index is 12.9. The highest BCUT2D eigenvalue weighted by molar-refractivity contribution is 5.95. The number of carbonyl (C=O) groups is 2. The molecule has 1 fully saturated rings. The predicted molar refractivity (Wildman–Crippen MR) is 106 cm³/mol. The zero-order valence-electron chi connectivity index (χ0n) is 16.4. The van der Waals surface area contributed by atoms with Gasteiger partial charge in [0.05, 0.1) is 0 Å². The summed E-state index contributed by atoms with van der Waals surface area (Å²) < 4.78 is 5.44. The van der Waals surface area contributed by atoms with Gasteiger partial charge in [-0.15, -0.1) is 0 Å². The summed E-state index contributed by atoms with van der Waals surface area (Å²) in [6, 6.07) is 11.8. The van der Waals surface area contributed by atoms with Gasteiger partial charge in [-0.3, -0.25) is 9.59 Å². The summed E-state index contributed by atoms with van der Waals surface area (Å²) in [7, 11) is 0. The average Bonchev–Trinajstić information content (AvgIpc) is 2.83. The third-order valence-corrected chi connectivity index (χ3v) is 5.11. The number of carbonyl (C=O) groups excluding carboxylic acids is 2. The zero-order valence-corrected chi connectivity index (χ0v) is 16.4. The molecule has 1 aliphatic rings. The fourth-order valence-corrected chi connectivity index (χ4v) is 3.51. The highest BCUT2D eigenvalue weighted by Gasteiger charge is 2.28. The number of amides is 2. The predicted octanol–water partition coefficient (Wildman–Crippen LogP) is 2.47. The molecule has 0 spiro atoms. The molecule has 1 aliphatic heterocycles. The Bertz CT molecular complexity index is 904. The van der Waals surface area contributed by atoms with Crippen LogP contribution in [0.3, 0.4) is 0 Å². The number of nitrogens with one attached hydrogen (secondary N) is 1. The molecule has 1 N–H and O–H groups in total. The third-order valence-electron chi connectivity index (χ3n) is 5.11. The lowest BCUT2D eigenvalue weighted by Crippen LogP contribution is -2.43. The number of nitrogens with zero attached hydrogens (tertiary/aromatic N) is 1. The van der Waals surface area contributed by atoms with Crippen molar-refractivity contribution in [2.24, 2.45) is 0 Å². The Labute approximate surface area is 164 Å². The molecule has 2 heterocycles. The van der Waals surface area contributed by atoms with E-state index in [1.165, 1.54) is 5.56 Å². The molecule has 28 heavy (non-hydrogen) atoms. The van der Waals surface area contributed by atoms with E-state index < -0.39 is 5.63 Å². The van der Waals surface area contributed by atoms with Crippen molar-refractivity contribution in [2.75, 3.05) is 13.1 Å². The van der Waals surface area contributed by atoms with Gasteiger partial charge in [0.15, 0.2) is 0 Å². The van der Waals surface area contributed by atoms with Crippen LogP contribution in [-0.2, 0) is 17.6 Å². The van der Waals surface area contributed by atoms with Gasteiger partial charge in [-0.05, 0) is 43.9 Å². The summed E-state index contributed by atoms with van der Waals surface area (Å²) in [5.41, 5.74) is 1.32. The van der Waals surface area contributed by atoms with Gasteiger partial charge in [-0.1, -0.05) is 30.3 Å². The molecule has 1 saturated heterocycles. The molecule has 0 aliphatic carbocycles. The number of hydrogen-bond donors (Lipinski definition) is 1. The zero-order chi connectivity index (χ0) is 20.1. The van der Waals surface area contributed by atoms with E-state index in [9.17, 15) is 14.4 Å². The monoisotopic (exact) mass is 382 g/mol. The van der Waals surface area contributed by atoms with E-state index in [2.05, 4.69) is 17.4 Å². The van der Waals surface area contributed by atoms with Crippen LogP contribution in [0.4, 0.5) is 0 Å². The minimum Gasteiger partial charge on any atom is -0.427 e. The summed E-state index contributed by atoms with van der Waals surface area (Å²) >= 11 is 0. The highest BCUT2D eigenvalue weighted by Crippen LogP contribution is 2.15. The van der Waals surface area contributed by atoms with Crippen molar-refractivity contribution >= 4 is 11.8 Å². The largest absolute Gasteiger partial charge is 0.427 e. The fraction of sp³-hybridized carbons (Fsp3) is 0.409. The van der Waals surface area contributed by atoms with Gasteiger partial charge in [0, 0.05) is 32.0 Å². The number of benzene rings is 1. The van der Waals surface area contributed by atoms with Crippen molar-refractivity contribution in [3.63, 3.8) is 0 Å². The molecule has 0 saturated carbocycles. The lowest BCUT2D eigenvalue weighted by molar-refractivity contribution is -0.120. The molecule has 0 bridgehead atoms. The van der Waals surface area contributed by atoms with Crippen LogP contribution in [0.15, 0.2) is 45.6 Å². The van der Waals surface area contributed by atoms with Crippen molar-refractivity contribution in [3.8, 4) is 0 Å². The molecule has 6 nitrogen and oxygen atoms in total. The van der Waals surface area contributed by atoms with E-state index in [1.807, 2.05) is 25.1 Å². The first-order valence-electron chi connectivity index (χ1n) is 9.71. The number of rotatable bonds is 5. The molecule has 3 rings (SSSR count). The molecule has 1 unspecified atom stereocenters. The maximum atomic E-state index is 12.9. The fourth-order valence-electron chi connectivity index (χ4n) is 3.51. The van der Waals surface area contributed by atoms with Gasteiger partial charge >= 0.3 is 5.63 Å². The molecular weight excluding hydrogens is 356 g/mol. The normalized spacial score (nSPS) is 17.1. The SMILES string of the molecule is Cc1cc(CCCc2ccccc2)oc(=O)c1C(=O)N1CCC(=O)NCC1C. The van der Waals surface area contributed by atoms with Crippen molar-refractivity contribution in [2.45, 2.75) is 45.6 Å². The third kappa shape index (κ3) is 4.68. The Morgan fingerprint density at radius 2 is 1.96 bits per heavy atom. The summed E-state index contributed by atoms with van der Waals surface area (Å²) in [6.07, 6.45) is 2.63. The van der Waals surface area contributed by atoms with Crippen LogP contribution in [0.25, 0.3) is 0 Å². The average molecular weight is 382 g/mol. The van der Waals surface area contributed by atoms with Crippen molar-refractivity contribution in [3.05, 3.63) is 69.3 Å². The Balaban J connectivity index is 1.71. The van der Waals surface area contributed by atoms with Gasteiger partial charge in [0.2, 0.25) is 5.91 Å². The second-order valence-electron chi connectivity index (χ2n) is 7.30. The Morgan fingerprint density at radius 3 is 2.68 bits per heavy atom. The molecule has 1 atom stereocenters. The van der Waals surface area contributed by atoms with Gasteiger partial charge in [0.25, 0.3) is 5.91 Å². The van der Waals surface area contributed by atoms with Gasteiger partial charge in [0.1, 0.15) is 11.3 Å². The Kier molecular flexibility index (Phi) is 6.29. The minimum absolute atomic E-state index is 0.0630. The maximum Gasteiger partial charge on any atom is 0.349 e. The summed E-state index contributed by atoms with van der Waals surface area (Å²) in [4.78, 5) is 38.6. The van der Waals surface area contributed by atoms with E-state index in [0.717, 1.165) is 12.8 Å². The van der Waals surface area contributed by atoms with Crippen molar-refractivity contribution < 1.29 is 14.0 Å². The van der Waals surface area contributed by atoms with Crippen LogP contribution >= 0.6 is 0 Å². The van der Waals surface area contributed by atoms with Crippen LogP contribution in [-0.4, -0.2) is 35.8 Å². The molecule has 1 aromatic carbocycles. The van der Waals surface area contributed by atoms with Gasteiger partial charge in [-0.25, -0.2) is 4.79 Å². The molecule has 148 valence electrons. The van der Waals surface area contributed by atoms with Crippen LogP contribution in [0.5, 0.6) is 0 Å². The van der Waals surface area contributed by atoms with E-state index in [-0.39, 0.29) is 29.8 Å². The summed E-state index contributed by atoms with van der Waals surface area (Å²) in [5, 5.41) is 2.77. The molecule has 1 aromatic heterocycles. The van der Waals surface area contributed by atoms with Gasteiger partial charge in [-0.2, -0.15) is 0 Å². The first-order chi connectivity index (χ1) is 13.5. The van der Waals surface area contributed by atoms with Crippen LogP contribution in [0.1, 0.15) is 47.0 Å². The molecule has 2 amide bonds. The molecule has 0 radical (unpaired) electrons. The highest BCUT2D eigenvalue weighted by atomic mass is 16.4. The smallest absolute Gasteiger partial charge is 0.349 e. The van der Waals surface area contributed by atoms with Crippen molar-refractivity contribution in [1.82, 2.24) is 10.2 Å². The lowest BCUT2D eigenvalue weighted by Gasteiger charge is -2.26. The minimum atomic E-state index is -0.601. The van der Waals surface area contributed by atoms with Crippen molar-refractivity contribution in [1.29, 1.82) is 0 Å². The van der Waals surface area contributed by atoms with Crippen LogP contribution in [0, 0.1) is 6.92 Å². The van der Waals surface area contributed by atoms with E-state index in [4.69, 9.17) is 4.42 Å². The van der Waals surface area contributed by atoms with Crippen LogP contribution in [0.2, 0.25) is 0 Å². The standard InChI is InChI=1S/C22H26N2O4/c1-15-13-18(10-6-9-17-7-4-3-5-8-17)28-22(27)20(15)21(26)24-12-11-19(25)23-14-16(24)2/h3-5,7-8,13,16H,6,9-12,14H2,1-2H3,(H,23,25). The number of hydrogen-bond acceptors (Lipinski definition) is 4.